The first kappa shape index (κ1) is 37.6. The maximum Gasteiger partial charge on any atom is 0.113 e. The standard InChI is InChI=1S/C54H52N6/c1-52(2,3)35-18-12-32(13-19-35)45-39-24-25-40(56-39)46(33-14-20-36(21-15-33)53(4,5)6)42-28-29-44(58-42)48-51-50(55-31-38-11-10-30-60(38)51)49(59-48)47(43-27-26-41(45)57-43)34-16-22-37(23-17-34)54(7,8)9/h10-31,56-57,59H,1-9H3. The van der Waals surface area contributed by atoms with Gasteiger partial charge in [-0.15, -0.1) is 0 Å². The Balaban J connectivity index is 1.39. The summed E-state index contributed by atoms with van der Waals surface area (Å²) in [6.07, 6.45) is 8.39. The molecule has 3 N–H and O–H groups in total. The molecule has 1 aliphatic rings. The molecule has 0 unspecified atom stereocenters. The van der Waals surface area contributed by atoms with Gasteiger partial charge in [-0.05, 0) is 98.2 Å². The Hall–Kier alpha value is -6.66. The molecule has 60 heavy (non-hydrogen) atoms. The summed E-state index contributed by atoms with van der Waals surface area (Å²) in [5.41, 5.74) is 21.0. The van der Waals surface area contributed by atoms with Gasteiger partial charge >= 0.3 is 0 Å². The summed E-state index contributed by atoms with van der Waals surface area (Å²) in [6.45, 7) is 20.3. The normalized spacial score (nSPS) is 13.0. The van der Waals surface area contributed by atoms with Crippen LogP contribution in [-0.2, 0) is 16.2 Å². The van der Waals surface area contributed by atoms with E-state index in [1.807, 2.05) is 6.20 Å². The molecule has 298 valence electrons. The molecule has 3 aromatic carbocycles. The zero-order valence-corrected chi connectivity index (χ0v) is 36.0. The van der Waals surface area contributed by atoms with Gasteiger partial charge in [0, 0.05) is 45.0 Å². The van der Waals surface area contributed by atoms with Crippen molar-refractivity contribution in [3.63, 3.8) is 0 Å². The third-order valence-corrected chi connectivity index (χ3v) is 12.3. The minimum Gasteiger partial charge on any atom is -0.354 e. The van der Waals surface area contributed by atoms with Crippen molar-refractivity contribution in [3.05, 3.63) is 150 Å². The van der Waals surface area contributed by atoms with Gasteiger partial charge in [0.15, 0.2) is 0 Å². The fourth-order valence-electron chi connectivity index (χ4n) is 8.80. The topological polar surface area (TPSA) is 77.6 Å². The number of aromatic nitrogens is 6. The first-order valence-electron chi connectivity index (χ1n) is 21.1. The minimum atomic E-state index is 0.0192. The van der Waals surface area contributed by atoms with Crippen LogP contribution < -0.4 is 0 Å². The number of H-pyrrole nitrogens is 3. The molecule has 0 aliphatic carbocycles. The number of benzene rings is 3. The number of hydrogen-bond donors (Lipinski definition) is 3. The van der Waals surface area contributed by atoms with Gasteiger partial charge in [-0.3, -0.25) is 4.98 Å². The summed E-state index contributed by atoms with van der Waals surface area (Å²) in [4.78, 5) is 22.5. The molecule has 0 spiro atoms. The molecule has 6 aromatic heterocycles. The molecule has 0 atom stereocenters. The molecular formula is C54H52N6. The zero-order chi connectivity index (χ0) is 41.7. The van der Waals surface area contributed by atoms with E-state index in [0.717, 1.165) is 94.4 Å². The predicted octanol–water partition coefficient (Wildman–Crippen LogP) is 14.4. The van der Waals surface area contributed by atoms with Crippen LogP contribution in [0.25, 0.3) is 95.2 Å². The van der Waals surface area contributed by atoms with Gasteiger partial charge in [0.25, 0.3) is 0 Å². The van der Waals surface area contributed by atoms with Gasteiger partial charge in [0.1, 0.15) is 5.52 Å². The van der Waals surface area contributed by atoms with Crippen LogP contribution in [-0.4, -0.2) is 29.3 Å². The average molecular weight is 785 g/mol. The van der Waals surface area contributed by atoms with Crippen molar-refractivity contribution in [1.82, 2.24) is 29.3 Å². The van der Waals surface area contributed by atoms with Crippen molar-refractivity contribution in [2.75, 3.05) is 0 Å². The lowest BCUT2D eigenvalue weighted by molar-refractivity contribution is 0.590. The second-order valence-electron chi connectivity index (χ2n) is 19.5. The maximum atomic E-state index is 5.48. The highest BCUT2D eigenvalue weighted by atomic mass is 15.0. The first-order chi connectivity index (χ1) is 28.6. The van der Waals surface area contributed by atoms with Crippen LogP contribution in [0.15, 0.2) is 122 Å². The van der Waals surface area contributed by atoms with Gasteiger partial charge in [-0.1, -0.05) is 135 Å². The van der Waals surface area contributed by atoms with E-state index >= 15 is 0 Å². The molecule has 10 rings (SSSR count). The summed E-state index contributed by atoms with van der Waals surface area (Å²) in [5.74, 6) is 0. The lowest BCUT2D eigenvalue weighted by Gasteiger charge is -2.19. The number of hydrogen-bond acceptors (Lipinski definition) is 2. The third-order valence-electron chi connectivity index (χ3n) is 12.3. The van der Waals surface area contributed by atoms with Crippen molar-refractivity contribution >= 4 is 61.8 Å². The molecule has 6 nitrogen and oxygen atoms in total. The van der Waals surface area contributed by atoms with Crippen LogP contribution >= 0.6 is 0 Å². The average Bonchev–Trinajstić information content (AvgIpc) is 4.06. The lowest BCUT2D eigenvalue weighted by Crippen LogP contribution is -2.10. The SMILES string of the molecule is CC(C)(C)c1ccc(-c2c3nc(c4[nH]c(c(-c5ccc(C(C)(C)C)cc5)c5ccc([nH]5)c(-c5ccc(C(C)(C)C)cc5)c5ccc2[nH]5)c2ncc5cccn5c42)C=C3)cc1. The monoisotopic (exact) mass is 784 g/mol. The second-order valence-corrected chi connectivity index (χ2v) is 19.5. The van der Waals surface area contributed by atoms with Crippen molar-refractivity contribution in [2.45, 2.75) is 78.6 Å². The van der Waals surface area contributed by atoms with E-state index in [4.69, 9.17) is 9.97 Å². The maximum absolute atomic E-state index is 5.48. The molecule has 1 aliphatic heterocycles. The van der Waals surface area contributed by atoms with Crippen molar-refractivity contribution in [2.24, 2.45) is 0 Å². The Kier molecular flexibility index (Phi) is 8.42. The molecule has 6 heteroatoms. The molecule has 0 fully saturated rings. The lowest BCUT2D eigenvalue weighted by atomic mass is 9.86. The highest BCUT2D eigenvalue weighted by Crippen LogP contribution is 2.40. The van der Waals surface area contributed by atoms with Gasteiger partial charge in [0.05, 0.1) is 39.7 Å². The molecule has 9 aromatic rings. The summed E-state index contributed by atoms with van der Waals surface area (Å²) in [7, 11) is 0. The first-order valence-corrected chi connectivity index (χ1v) is 21.1. The van der Waals surface area contributed by atoms with Crippen LogP contribution in [0.2, 0.25) is 0 Å². The van der Waals surface area contributed by atoms with E-state index in [0.29, 0.717) is 0 Å². The van der Waals surface area contributed by atoms with Crippen molar-refractivity contribution in [1.29, 1.82) is 0 Å². The van der Waals surface area contributed by atoms with E-state index in [-0.39, 0.29) is 16.2 Å². The minimum absolute atomic E-state index is 0.0192. The van der Waals surface area contributed by atoms with Gasteiger partial charge < -0.3 is 19.4 Å². The van der Waals surface area contributed by atoms with E-state index in [2.05, 4.69) is 209 Å². The van der Waals surface area contributed by atoms with E-state index in [1.165, 1.54) is 16.7 Å². The number of aromatic amines is 3. The van der Waals surface area contributed by atoms with Crippen LogP contribution in [0.4, 0.5) is 0 Å². The summed E-state index contributed by atoms with van der Waals surface area (Å²) in [6, 6.07) is 40.1. The third kappa shape index (κ3) is 6.33. The van der Waals surface area contributed by atoms with Crippen LogP contribution in [0.5, 0.6) is 0 Å². The summed E-state index contributed by atoms with van der Waals surface area (Å²) in [5, 5.41) is 0. The Morgan fingerprint density at radius 3 is 1.42 bits per heavy atom. The number of nitrogens with one attached hydrogen (secondary N) is 3. The molecule has 0 saturated carbocycles. The highest BCUT2D eigenvalue weighted by molar-refractivity contribution is 6.13. The van der Waals surface area contributed by atoms with Crippen LogP contribution in [0.1, 0.15) is 90.4 Å². The van der Waals surface area contributed by atoms with Crippen molar-refractivity contribution in [3.8, 4) is 33.4 Å². The second kappa shape index (κ2) is 13.4. The molecule has 8 bridgehead atoms. The number of nitrogens with zero attached hydrogens (tertiary/aromatic N) is 3. The smallest absolute Gasteiger partial charge is 0.113 e. The Labute approximate surface area is 351 Å². The largest absolute Gasteiger partial charge is 0.354 e. The Bertz CT molecular complexity index is 3270. The predicted molar refractivity (Wildman–Crippen MR) is 254 cm³/mol. The number of rotatable bonds is 3. The molecule has 7 heterocycles. The van der Waals surface area contributed by atoms with E-state index in [9.17, 15) is 0 Å². The summed E-state index contributed by atoms with van der Waals surface area (Å²) < 4.78 is 2.23. The Morgan fingerprint density at radius 2 is 0.900 bits per heavy atom. The molecule has 0 amide bonds. The molecular weight excluding hydrogens is 733 g/mol. The fraction of sp³-hybridized carbons (Fsp3) is 0.222. The van der Waals surface area contributed by atoms with Gasteiger partial charge in [-0.2, -0.15) is 0 Å². The van der Waals surface area contributed by atoms with E-state index < -0.39 is 0 Å². The van der Waals surface area contributed by atoms with Gasteiger partial charge in [0.2, 0.25) is 0 Å². The fourth-order valence-corrected chi connectivity index (χ4v) is 8.80. The molecule has 0 radical (unpaired) electrons. The molecule has 0 saturated heterocycles. The zero-order valence-electron chi connectivity index (χ0n) is 36.0. The van der Waals surface area contributed by atoms with Crippen LogP contribution in [0, 0.1) is 0 Å². The van der Waals surface area contributed by atoms with Gasteiger partial charge in [-0.25, -0.2) is 4.98 Å². The number of fused-ring (bicyclic) bond motifs is 14. The highest BCUT2D eigenvalue weighted by Gasteiger charge is 2.22. The summed E-state index contributed by atoms with van der Waals surface area (Å²) >= 11 is 0. The quantitative estimate of drug-likeness (QED) is 0.167. The van der Waals surface area contributed by atoms with E-state index in [1.54, 1.807) is 0 Å². The van der Waals surface area contributed by atoms with Crippen LogP contribution in [0.3, 0.4) is 0 Å². The Morgan fingerprint density at radius 1 is 0.450 bits per heavy atom. The van der Waals surface area contributed by atoms with Crippen molar-refractivity contribution < 1.29 is 0 Å².